The summed E-state index contributed by atoms with van der Waals surface area (Å²) in [6.45, 7) is 3.10. The van der Waals surface area contributed by atoms with Crippen LogP contribution < -0.4 is 4.74 Å². The van der Waals surface area contributed by atoms with Crippen LogP contribution in [0.1, 0.15) is 34.4 Å². The van der Waals surface area contributed by atoms with Crippen molar-refractivity contribution in [2.45, 2.75) is 18.4 Å². The first-order valence-electron chi connectivity index (χ1n) is 8.86. The molecule has 0 radical (unpaired) electrons. The van der Waals surface area contributed by atoms with Gasteiger partial charge in [-0.1, -0.05) is 6.07 Å². The Morgan fingerprint density at radius 1 is 1.27 bits per heavy atom. The van der Waals surface area contributed by atoms with Crippen molar-refractivity contribution < 1.29 is 24.1 Å². The van der Waals surface area contributed by atoms with Crippen molar-refractivity contribution in [2.75, 3.05) is 33.0 Å². The Balaban J connectivity index is 1.51. The Morgan fingerprint density at radius 2 is 2.15 bits per heavy atom. The predicted octanol–water partition coefficient (Wildman–Crippen LogP) is 2.17. The van der Waals surface area contributed by atoms with Gasteiger partial charge in [0, 0.05) is 30.3 Å². The number of ether oxygens (including phenoxy) is 3. The van der Waals surface area contributed by atoms with Gasteiger partial charge in [-0.15, -0.1) is 0 Å². The number of nitrogens with zero attached hydrogens (tertiary/aromatic N) is 2. The van der Waals surface area contributed by atoms with Gasteiger partial charge >= 0.3 is 0 Å². The van der Waals surface area contributed by atoms with E-state index in [2.05, 4.69) is 15.8 Å². The number of hydrogen-bond acceptors (Lipinski definition) is 6. The van der Waals surface area contributed by atoms with Crippen LogP contribution in [0.15, 0.2) is 30.5 Å². The second-order valence-corrected chi connectivity index (χ2v) is 6.74. The number of benzene rings is 1. The van der Waals surface area contributed by atoms with Crippen LogP contribution in [0.3, 0.4) is 0 Å². The van der Waals surface area contributed by atoms with Crippen molar-refractivity contribution >= 4 is 6.29 Å². The van der Waals surface area contributed by atoms with Crippen LogP contribution >= 0.6 is 0 Å². The fourth-order valence-electron chi connectivity index (χ4n) is 3.61. The van der Waals surface area contributed by atoms with Crippen molar-refractivity contribution in [3.8, 4) is 11.5 Å². The molecule has 2 aliphatic rings. The first kappa shape index (κ1) is 17.1. The maximum Gasteiger partial charge on any atom is 0.157 e. The fourth-order valence-corrected chi connectivity index (χ4v) is 3.61. The molecule has 0 saturated carbocycles. The lowest BCUT2D eigenvalue weighted by Crippen LogP contribution is -2.36. The summed E-state index contributed by atoms with van der Waals surface area (Å²) in [5, 5.41) is 14.3. The van der Waals surface area contributed by atoms with Gasteiger partial charge in [0.15, 0.2) is 6.29 Å². The summed E-state index contributed by atoms with van der Waals surface area (Å²) in [7, 11) is 0. The maximum atomic E-state index is 11.2. The lowest BCUT2D eigenvalue weighted by Gasteiger charge is -2.35. The molecule has 1 aromatic heterocycles. The van der Waals surface area contributed by atoms with Gasteiger partial charge < -0.3 is 19.3 Å². The summed E-state index contributed by atoms with van der Waals surface area (Å²) in [6.07, 6.45) is 3.35. The van der Waals surface area contributed by atoms with Gasteiger partial charge in [0.25, 0.3) is 0 Å². The number of aromatic hydroxyl groups is 1. The molecule has 2 atom stereocenters. The Bertz CT molecular complexity index is 771. The quantitative estimate of drug-likeness (QED) is 0.797. The van der Waals surface area contributed by atoms with Crippen LogP contribution in [0.4, 0.5) is 0 Å². The molecule has 0 aliphatic carbocycles. The number of phenolic OH excluding ortho intramolecular Hbond substituents is 1. The first-order valence-corrected chi connectivity index (χ1v) is 8.86. The molecule has 2 unspecified atom stereocenters. The summed E-state index contributed by atoms with van der Waals surface area (Å²) in [4.78, 5) is 11.2. The third kappa shape index (κ3) is 3.20. The van der Waals surface area contributed by atoms with E-state index >= 15 is 0 Å². The average molecular weight is 358 g/mol. The van der Waals surface area contributed by atoms with Gasteiger partial charge in [0.2, 0.25) is 0 Å². The predicted molar refractivity (Wildman–Crippen MR) is 92.7 cm³/mol. The SMILES string of the molecule is O=Cc1c(O)cccc1OCC1COCCC1c1ccnn1C1COC1. The lowest BCUT2D eigenvalue weighted by atomic mass is 9.86. The van der Waals surface area contributed by atoms with Gasteiger partial charge in [0.05, 0.1) is 38.0 Å². The van der Waals surface area contributed by atoms with Crippen molar-refractivity contribution in [3.05, 3.63) is 41.7 Å². The second kappa shape index (κ2) is 7.47. The van der Waals surface area contributed by atoms with Crippen LogP contribution in [0.5, 0.6) is 11.5 Å². The van der Waals surface area contributed by atoms with Crippen molar-refractivity contribution in [2.24, 2.45) is 5.92 Å². The van der Waals surface area contributed by atoms with Gasteiger partial charge in [0.1, 0.15) is 11.5 Å². The molecule has 1 N–H and O–H groups in total. The molecule has 7 heteroatoms. The van der Waals surface area contributed by atoms with E-state index in [1.165, 1.54) is 11.8 Å². The topological polar surface area (TPSA) is 82.8 Å². The average Bonchev–Trinajstić information content (AvgIpc) is 3.07. The first-order chi connectivity index (χ1) is 12.8. The monoisotopic (exact) mass is 358 g/mol. The fraction of sp³-hybridized carbons (Fsp3) is 0.474. The lowest BCUT2D eigenvalue weighted by molar-refractivity contribution is -0.0333. The van der Waals surface area contributed by atoms with Gasteiger partial charge in [-0.05, 0) is 24.6 Å². The molecule has 0 bridgehead atoms. The molecule has 0 amide bonds. The zero-order valence-corrected chi connectivity index (χ0v) is 14.4. The number of aldehydes is 1. The van der Waals surface area contributed by atoms with E-state index in [4.69, 9.17) is 14.2 Å². The normalized spacial score (nSPS) is 23.4. The van der Waals surface area contributed by atoms with Crippen LogP contribution in [0.2, 0.25) is 0 Å². The molecule has 0 spiro atoms. The smallest absolute Gasteiger partial charge is 0.157 e. The van der Waals surface area contributed by atoms with Crippen LogP contribution in [-0.2, 0) is 9.47 Å². The Kier molecular flexibility index (Phi) is 4.90. The van der Waals surface area contributed by atoms with Gasteiger partial charge in [-0.2, -0.15) is 5.10 Å². The molecule has 2 aliphatic heterocycles. The number of phenols is 1. The Morgan fingerprint density at radius 3 is 2.92 bits per heavy atom. The minimum atomic E-state index is -0.0722. The van der Waals surface area contributed by atoms with Gasteiger partial charge in [-0.25, -0.2) is 0 Å². The molecule has 2 saturated heterocycles. The van der Waals surface area contributed by atoms with Crippen molar-refractivity contribution in [3.63, 3.8) is 0 Å². The highest BCUT2D eigenvalue weighted by Crippen LogP contribution is 2.35. The highest BCUT2D eigenvalue weighted by molar-refractivity contribution is 5.83. The molecular weight excluding hydrogens is 336 g/mol. The summed E-state index contributed by atoms with van der Waals surface area (Å²) >= 11 is 0. The summed E-state index contributed by atoms with van der Waals surface area (Å²) in [6, 6.07) is 7.20. The van der Waals surface area contributed by atoms with Crippen molar-refractivity contribution in [1.82, 2.24) is 9.78 Å². The molecule has 3 heterocycles. The molecule has 138 valence electrons. The minimum absolute atomic E-state index is 0.0722. The number of carbonyl (C=O) groups excluding carboxylic acids is 1. The summed E-state index contributed by atoms with van der Waals surface area (Å²) in [5.41, 5.74) is 1.36. The van der Waals surface area contributed by atoms with Crippen LogP contribution in [0.25, 0.3) is 0 Å². The van der Waals surface area contributed by atoms with Crippen LogP contribution in [0, 0.1) is 5.92 Å². The number of aromatic nitrogens is 2. The molecule has 2 aromatic rings. The van der Waals surface area contributed by atoms with E-state index in [0.29, 0.717) is 51.1 Å². The molecule has 4 rings (SSSR count). The standard InChI is InChI=1S/C19H22N2O5/c22-8-16-18(23)2-1-3-19(16)26-10-13-9-24-7-5-15(13)17-4-6-20-21(17)14-11-25-12-14/h1-4,6,8,13-15,23H,5,7,9-12H2. The second-order valence-electron chi connectivity index (χ2n) is 6.74. The minimum Gasteiger partial charge on any atom is -0.507 e. The van der Waals surface area contributed by atoms with E-state index in [9.17, 15) is 9.90 Å². The molecule has 1 aromatic carbocycles. The van der Waals surface area contributed by atoms with Crippen molar-refractivity contribution in [1.29, 1.82) is 0 Å². The molecule has 26 heavy (non-hydrogen) atoms. The Labute approximate surface area is 151 Å². The largest absolute Gasteiger partial charge is 0.507 e. The van der Waals surface area contributed by atoms with E-state index in [-0.39, 0.29) is 23.1 Å². The Hall–Kier alpha value is -2.38. The molecule has 2 fully saturated rings. The summed E-state index contributed by atoms with van der Waals surface area (Å²) in [5.74, 6) is 0.730. The zero-order chi connectivity index (χ0) is 17.9. The highest BCUT2D eigenvalue weighted by Gasteiger charge is 2.33. The number of hydrogen-bond donors (Lipinski definition) is 1. The third-order valence-corrected chi connectivity index (χ3v) is 5.14. The number of rotatable bonds is 6. The molecular formula is C19H22N2O5. The van der Waals surface area contributed by atoms with E-state index in [0.717, 1.165) is 6.42 Å². The van der Waals surface area contributed by atoms with E-state index in [1.54, 1.807) is 12.1 Å². The van der Waals surface area contributed by atoms with Crippen LogP contribution in [-0.4, -0.2) is 54.2 Å². The van der Waals surface area contributed by atoms with E-state index < -0.39 is 0 Å². The zero-order valence-electron chi connectivity index (χ0n) is 14.4. The van der Waals surface area contributed by atoms with E-state index in [1.807, 2.05) is 6.20 Å². The van der Waals surface area contributed by atoms with Gasteiger partial charge in [-0.3, -0.25) is 9.48 Å². The third-order valence-electron chi connectivity index (χ3n) is 5.14. The summed E-state index contributed by atoms with van der Waals surface area (Å²) < 4.78 is 18.9. The number of carbonyl (C=O) groups is 1. The highest BCUT2D eigenvalue weighted by atomic mass is 16.5. The maximum absolute atomic E-state index is 11.2. The molecule has 7 nitrogen and oxygen atoms in total.